The Balaban J connectivity index is 1.52. The van der Waals surface area contributed by atoms with Crippen LogP contribution in [0.15, 0.2) is 48.5 Å². The van der Waals surface area contributed by atoms with Gasteiger partial charge in [-0.05, 0) is 56.8 Å². The number of rotatable bonds is 6. The summed E-state index contributed by atoms with van der Waals surface area (Å²) in [4.78, 5) is 17.3. The molecule has 144 valence electrons. The molecule has 1 saturated heterocycles. The summed E-state index contributed by atoms with van der Waals surface area (Å²) in [5, 5.41) is 6.23. The van der Waals surface area contributed by atoms with Crippen molar-refractivity contribution in [2.75, 3.05) is 48.3 Å². The number of benzene rings is 2. The van der Waals surface area contributed by atoms with Gasteiger partial charge in [-0.15, -0.1) is 0 Å². The first-order valence-corrected chi connectivity index (χ1v) is 9.76. The summed E-state index contributed by atoms with van der Waals surface area (Å²) in [7, 11) is 0. The summed E-state index contributed by atoms with van der Waals surface area (Å²) in [5.41, 5.74) is 4.20. The number of carbonyl (C=O) groups is 1. The largest absolute Gasteiger partial charge is 0.374 e. The molecule has 1 aliphatic heterocycles. The fourth-order valence-electron chi connectivity index (χ4n) is 3.29. The van der Waals surface area contributed by atoms with Gasteiger partial charge in [0.2, 0.25) is 5.91 Å². The molecular formula is C22H30N4O. The van der Waals surface area contributed by atoms with Crippen molar-refractivity contribution < 1.29 is 4.79 Å². The first-order valence-electron chi connectivity index (χ1n) is 9.76. The SMILES string of the molecule is CCN1CCN(c2ccc(N[C@H](C)C(=O)Nc3ccc(C)cc3)cc2)CC1. The van der Waals surface area contributed by atoms with E-state index in [1.54, 1.807) is 0 Å². The van der Waals surface area contributed by atoms with Crippen LogP contribution < -0.4 is 15.5 Å². The van der Waals surface area contributed by atoms with E-state index in [0.717, 1.165) is 44.1 Å². The summed E-state index contributed by atoms with van der Waals surface area (Å²) >= 11 is 0. The molecule has 1 aliphatic rings. The molecule has 0 saturated carbocycles. The first-order chi connectivity index (χ1) is 13.0. The quantitative estimate of drug-likeness (QED) is 0.820. The van der Waals surface area contributed by atoms with E-state index in [4.69, 9.17) is 0 Å². The van der Waals surface area contributed by atoms with E-state index in [1.807, 2.05) is 38.1 Å². The molecule has 0 spiro atoms. The van der Waals surface area contributed by atoms with Gasteiger partial charge in [0.15, 0.2) is 0 Å². The molecule has 3 rings (SSSR count). The second-order valence-corrected chi connectivity index (χ2v) is 7.19. The minimum atomic E-state index is -0.315. The highest BCUT2D eigenvalue weighted by Gasteiger charge is 2.16. The van der Waals surface area contributed by atoms with Crippen molar-refractivity contribution >= 4 is 23.0 Å². The van der Waals surface area contributed by atoms with Gasteiger partial charge in [0, 0.05) is 43.2 Å². The Labute approximate surface area is 162 Å². The fraction of sp³-hybridized carbons (Fsp3) is 0.409. The average Bonchev–Trinajstić information content (AvgIpc) is 2.70. The van der Waals surface area contributed by atoms with Gasteiger partial charge in [0.25, 0.3) is 0 Å². The van der Waals surface area contributed by atoms with Gasteiger partial charge in [0.1, 0.15) is 6.04 Å². The summed E-state index contributed by atoms with van der Waals surface area (Å²) < 4.78 is 0. The Morgan fingerprint density at radius 1 is 0.963 bits per heavy atom. The number of piperazine rings is 1. The van der Waals surface area contributed by atoms with E-state index in [9.17, 15) is 4.79 Å². The second kappa shape index (κ2) is 8.91. The minimum absolute atomic E-state index is 0.0429. The molecule has 1 fully saturated rings. The van der Waals surface area contributed by atoms with Crippen molar-refractivity contribution in [2.24, 2.45) is 0 Å². The molecule has 27 heavy (non-hydrogen) atoms. The van der Waals surface area contributed by atoms with Crippen LogP contribution in [0.25, 0.3) is 0 Å². The lowest BCUT2D eigenvalue weighted by atomic mass is 10.2. The van der Waals surface area contributed by atoms with Crippen LogP contribution in [0.3, 0.4) is 0 Å². The number of hydrogen-bond donors (Lipinski definition) is 2. The number of aryl methyl sites for hydroxylation is 1. The molecule has 2 aromatic carbocycles. The average molecular weight is 367 g/mol. The van der Waals surface area contributed by atoms with Crippen molar-refractivity contribution in [1.82, 2.24) is 4.90 Å². The lowest BCUT2D eigenvalue weighted by Crippen LogP contribution is -2.46. The predicted molar refractivity (Wildman–Crippen MR) is 114 cm³/mol. The molecule has 1 atom stereocenters. The zero-order chi connectivity index (χ0) is 19.2. The molecule has 0 radical (unpaired) electrons. The molecule has 5 heteroatoms. The van der Waals surface area contributed by atoms with Crippen molar-refractivity contribution in [3.05, 3.63) is 54.1 Å². The van der Waals surface area contributed by atoms with Crippen molar-refractivity contribution in [3.8, 4) is 0 Å². The van der Waals surface area contributed by atoms with Crippen LogP contribution in [-0.4, -0.2) is 49.6 Å². The monoisotopic (exact) mass is 366 g/mol. The maximum Gasteiger partial charge on any atom is 0.246 e. The lowest BCUT2D eigenvalue weighted by Gasteiger charge is -2.35. The Kier molecular flexibility index (Phi) is 6.35. The number of anilines is 3. The molecule has 0 bridgehead atoms. The van der Waals surface area contributed by atoms with Gasteiger partial charge in [-0.3, -0.25) is 4.79 Å². The van der Waals surface area contributed by atoms with Gasteiger partial charge < -0.3 is 20.4 Å². The van der Waals surface area contributed by atoms with Gasteiger partial charge in [-0.25, -0.2) is 0 Å². The number of likely N-dealkylation sites (N-methyl/N-ethyl adjacent to an activating group) is 1. The van der Waals surface area contributed by atoms with E-state index >= 15 is 0 Å². The Morgan fingerprint density at radius 3 is 2.15 bits per heavy atom. The van der Waals surface area contributed by atoms with Crippen LogP contribution in [0, 0.1) is 6.92 Å². The molecule has 2 N–H and O–H groups in total. The Bertz CT molecular complexity index is 734. The summed E-state index contributed by atoms with van der Waals surface area (Å²) in [5.74, 6) is -0.0429. The highest BCUT2D eigenvalue weighted by molar-refractivity contribution is 5.96. The second-order valence-electron chi connectivity index (χ2n) is 7.19. The molecular weight excluding hydrogens is 336 g/mol. The smallest absolute Gasteiger partial charge is 0.246 e. The number of nitrogens with one attached hydrogen (secondary N) is 2. The first kappa shape index (κ1) is 19.2. The number of carbonyl (C=O) groups excluding carboxylic acids is 1. The van der Waals surface area contributed by atoms with Crippen molar-refractivity contribution in [2.45, 2.75) is 26.8 Å². The third-order valence-electron chi connectivity index (χ3n) is 5.15. The molecule has 0 aliphatic carbocycles. The van der Waals surface area contributed by atoms with Crippen LogP contribution in [0.1, 0.15) is 19.4 Å². The molecule has 1 heterocycles. The summed E-state index contributed by atoms with van der Waals surface area (Å²) in [6.45, 7) is 11.6. The summed E-state index contributed by atoms with van der Waals surface area (Å²) in [6, 6.07) is 15.9. The van der Waals surface area contributed by atoms with E-state index in [-0.39, 0.29) is 11.9 Å². The Hall–Kier alpha value is -2.53. The topological polar surface area (TPSA) is 47.6 Å². The van der Waals surface area contributed by atoms with E-state index in [0.29, 0.717) is 0 Å². The lowest BCUT2D eigenvalue weighted by molar-refractivity contribution is -0.116. The van der Waals surface area contributed by atoms with Crippen LogP contribution in [0.2, 0.25) is 0 Å². The maximum atomic E-state index is 12.4. The molecule has 0 aromatic heterocycles. The fourth-order valence-corrected chi connectivity index (χ4v) is 3.29. The van der Waals surface area contributed by atoms with Gasteiger partial charge in [-0.1, -0.05) is 24.6 Å². The molecule has 2 aromatic rings. The molecule has 1 amide bonds. The minimum Gasteiger partial charge on any atom is -0.374 e. The van der Waals surface area contributed by atoms with Crippen molar-refractivity contribution in [3.63, 3.8) is 0 Å². The normalized spacial score (nSPS) is 16.0. The van der Waals surface area contributed by atoms with Crippen LogP contribution >= 0.6 is 0 Å². The van der Waals surface area contributed by atoms with Crippen LogP contribution in [-0.2, 0) is 4.79 Å². The van der Waals surface area contributed by atoms with Gasteiger partial charge in [0.05, 0.1) is 0 Å². The van der Waals surface area contributed by atoms with Crippen LogP contribution in [0.5, 0.6) is 0 Å². The summed E-state index contributed by atoms with van der Waals surface area (Å²) in [6.07, 6.45) is 0. The third kappa shape index (κ3) is 5.23. The maximum absolute atomic E-state index is 12.4. The van der Waals surface area contributed by atoms with Gasteiger partial charge in [-0.2, -0.15) is 0 Å². The number of hydrogen-bond acceptors (Lipinski definition) is 4. The van der Waals surface area contributed by atoms with E-state index < -0.39 is 0 Å². The zero-order valence-electron chi connectivity index (χ0n) is 16.5. The molecule has 5 nitrogen and oxygen atoms in total. The van der Waals surface area contributed by atoms with Crippen LogP contribution in [0.4, 0.5) is 17.1 Å². The zero-order valence-corrected chi connectivity index (χ0v) is 16.5. The van der Waals surface area contributed by atoms with E-state index in [1.165, 1.54) is 11.3 Å². The molecule has 0 unspecified atom stereocenters. The Morgan fingerprint density at radius 2 is 1.56 bits per heavy atom. The highest BCUT2D eigenvalue weighted by atomic mass is 16.2. The van der Waals surface area contributed by atoms with Gasteiger partial charge >= 0.3 is 0 Å². The highest BCUT2D eigenvalue weighted by Crippen LogP contribution is 2.20. The van der Waals surface area contributed by atoms with E-state index in [2.05, 4.69) is 51.6 Å². The standard InChI is InChI=1S/C22H30N4O/c1-4-25-13-15-26(16-14-25)21-11-9-19(10-12-21)23-18(3)22(27)24-20-7-5-17(2)6-8-20/h5-12,18,23H,4,13-16H2,1-3H3,(H,24,27)/t18-/m1/s1. The number of amides is 1. The number of nitrogens with zero attached hydrogens (tertiary/aromatic N) is 2. The van der Waals surface area contributed by atoms with Crippen molar-refractivity contribution in [1.29, 1.82) is 0 Å². The third-order valence-corrected chi connectivity index (χ3v) is 5.15. The predicted octanol–water partition coefficient (Wildman–Crippen LogP) is 3.58.